The van der Waals surface area contributed by atoms with E-state index in [1.54, 1.807) is 18.3 Å². The smallest absolute Gasteiger partial charge is 0.251 e. The molecule has 1 heterocycles. The molecule has 0 aliphatic carbocycles. The average Bonchev–Trinajstić information content (AvgIpc) is 2.96. The van der Waals surface area contributed by atoms with Crippen molar-refractivity contribution in [3.8, 4) is 22.4 Å². The van der Waals surface area contributed by atoms with E-state index in [-0.39, 0.29) is 37.2 Å². The maximum absolute atomic E-state index is 13.9. The molecule has 5 aromatic carbocycles. The molecule has 3 nitrogen and oxygen atoms in total. The second-order valence-electron chi connectivity index (χ2n) is 9.50. The summed E-state index contributed by atoms with van der Waals surface area (Å²) in [5.74, 6) is -0.0625. The van der Waals surface area contributed by atoms with Gasteiger partial charge in [0.25, 0.3) is 6.43 Å². The van der Waals surface area contributed by atoms with E-state index in [2.05, 4.69) is 47.4 Å². The Bertz CT molecular complexity index is 1880. The van der Waals surface area contributed by atoms with E-state index in [0.717, 1.165) is 27.1 Å². The number of pyridine rings is 1. The summed E-state index contributed by atoms with van der Waals surface area (Å²) < 4.78 is 27.7. The third kappa shape index (κ3) is 6.57. The molecular formula is C35H26F2IrNO2-. The Morgan fingerprint density at radius 2 is 1.51 bits per heavy atom. The normalized spacial score (nSPS) is 11.3. The van der Waals surface area contributed by atoms with Crippen LogP contribution >= 0.6 is 0 Å². The number of ketones is 1. The zero-order chi connectivity index (χ0) is 28.2. The number of benzene rings is 5. The summed E-state index contributed by atoms with van der Waals surface area (Å²) in [4.78, 5) is 14.6. The summed E-state index contributed by atoms with van der Waals surface area (Å²) in [6.07, 6.45) is 0.336. The molecule has 0 aliphatic rings. The molecule has 1 N–H and O–H groups in total. The molecule has 6 aromatic rings. The van der Waals surface area contributed by atoms with Crippen LogP contribution in [0.15, 0.2) is 115 Å². The Morgan fingerprint density at radius 3 is 2.20 bits per heavy atom. The van der Waals surface area contributed by atoms with E-state index in [4.69, 9.17) is 5.11 Å². The molecule has 41 heavy (non-hydrogen) atoms. The van der Waals surface area contributed by atoms with Gasteiger partial charge >= 0.3 is 0 Å². The molecule has 6 rings (SSSR count). The minimum atomic E-state index is -2.57. The molecule has 0 amide bonds. The summed E-state index contributed by atoms with van der Waals surface area (Å²) >= 11 is 0. The van der Waals surface area contributed by atoms with Gasteiger partial charge in [0.05, 0.1) is 5.76 Å². The summed E-state index contributed by atoms with van der Waals surface area (Å²) in [5.41, 5.74) is 3.57. The molecule has 0 fully saturated rings. The number of carbonyl (C=O) groups excluding carboxylic acids is 1. The van der Waals surface area contributed by atoms with E-state index in [0.29, 0.717) is 22.0 Å². The Kier molecular flexibility index (Phi) is 9.38. The van der Waals surface area contributed by atoms with Gasteiger partial charge in [-0.2, -0.15) is 0 Å². The van der Waals surface area contributed by atoms with E-state index in [1.807, 2.05) is 42.5 Å². The van der Waals surface area contributed by atoms with Crippen molar-refractivity contribution < 1.29 is 38.8 Å². The van der Waals surface area contributed by atoms with Gasteiger partial charge in [0, 0.05) is 38.1 Å². The van der Waals surface area contributed by atoms with Crippen LogP contribution in [0.2, 0.25) is 0 Å². The van der Waals surface area contributed by atoms with Gasteiger partial charge in [0.1, 0.15) is 0 Å². The first kappa shape index (κ1) is 29.7. The van der Waals surface area contributed by atoms with Gasteiger partial charge in [-0.1, -0.05) is 83.7 Å². The van der Waals surface area contributed by atoms with Crippen LogP contribution in [0.4, 0.5) is 8.78 Å². The molecule has 0 unspecified atom stereocenters. The number of nitrogens with zero attached hydrogens (tertiary/aromatic N) is 1. The fraction of sp³-hybridized carbons (Fsp3) is 0.0857. The molecule has 0 atom stereocenters. The Labute approximate surface area is 250 Å². The van der Waals surface area contributed by atoms with Gasteiger partial charge in [-0.05, 0) is 64.2 Å². The van der Waals surface area contributed by atoms with Crippen LogP contribution < -0.4 is 0 Å². The number of hydrogen-bond acceptors (Lipinski definition) is 3. The molecule has 1 radical (unpaired) electrons. The molecule has 207 valence electrons. The molecular weight excluding hydrogens is 697 g/mol. The zero-order valence-corrected chi connectivity index (χ0v) is 24.8. The number of allylic oxidation sites excluding steroid dienone is 2. The van der Waals surface area contributed by atoms with Crippen molar-refractivity contribution in [2.24, 2.45) is 0 Å². The minimum Gasteiger partial charge on any atom is -0.512 e. The van der Waals surface area contributed by atoms with Crippen LogP contribution in [0.5, 0.6) is 0 Å². The standard InChI is InChI=1S/C30H18F2N.C5H8O2.Ir/c31-30(32)28-18-23(17-21-8-4-5-9-24(21)28)29-27-13-11-22-16-20(19-6-2-1-3-7-19)10-12-25(22)26(27)14-15-33-29;1-4(6)3-5(2)7;/h1-16,18,30H;3,6H,1-2H3;/q-1;;/b;4-3-;. The first-order valence-electron chi connectivity index (χ1n) is 12.8. The van der Waals surface area contributed by atoms with E-state index in [9.17, 15) is 13.6 Å². The maximum atomic E-state index is 13.9. The predicted octanol–water partition coefficient (Wildman–Crippen LogP) is 9.65. The van der Waals surface area contributed by atoms with Gasteiger partial charge in [-0.3, -0.25) is 9.78 Å². The SMILES string of the molecule is CC(=O)/C=C(/C)O.FC(F)c1cc(-c2nccc3c2ccc2cc(-c4ccccc4)ccc23)[c-]c2ccccc12.[Ir]. The van der Waals surface area contributed by atoms with Crippen molar-refractivity contribution in [2.45, 2.75) is 20.3 Å². The topological polar surface area (TPSA) is 50.2 Å². The largest absolute Gasteiger partial charge is 0.512 e. The van der Waals surface area contributed by atoms with Gasteiger partial charge in [0.15, 0.2) is 5.78 Å². The van der Waals surface area contributed by atoms with E-state index in [1.165, 1.54) is 31.6 Å². The molecule has 0 bridgehead atoms. The molecule has 1 aromatic heterocycles. The van der Waals surface area contributed by atoms with Crippen molar-refractivity contribution in [3.63, 3.8) is 0 Å². The summed E-state index contributed by atoms with van der Waals surface area (Å²) in [7, 11) is 0. The second kappa shape index (κ2) is 12.9. The third-order valence-electron chi connectivity index (χ3n) is 6.58. The van der Waals surface area contributed by atoms with Crippen LogP contribution in [0, 0.1) is 6.07 Å². The first-order chi connectivity index (χ1) is 19.3. The Balaban J connectivity index is 0.000000434. The molecule has 0 aliphatic heterocycles. The van der Waals surface area contributed by atoms with Crippen molar-refractivity contribution in [1.29, 1.82) is 0 Å². The fourth-order valence-corrected chi connectivity index (χ4v) is 4.88. The molecule has 0 spiro atoms. The van der Waals surface area contributed by atoms with E-state index >= 15 is 0 Å². The number of carbonyl (C=O) groups is 1. The molecule has 0 saturated heterocycles. The zero-order valence-electron chi connectivity index (χ0n) is 22.4. The quantitative estimate of drug-likeness (QED) is 0.0854. The number of aliphatic hydroxyl groups is 1. The number of rotatable bonds is 4. The van der Waals surface area contributed by atoms with Crippen molar-refractivity contribution >= 4 is 38.1 Å². The average molecular weight is 723 g/mol. The van der Waals surface area contributed by atoms with Crippen molar-refractivity contribution in [3.05, 3.63) is 127 Å². The van der Waals surface area contributed by atoms with Crippen LogP contribution in [0.1, 0.15) is 25.8 Å². The number of alkyl halides is 2. The van der Waals surface area contributed by atoms with Gasteiger partial charge < -0.3 is 5.11 Å². The maximum Gasteiger partial charge on any atom is 0.251 e. The van der Waals surface area contributed by atoms with E-state index < -0.39 is 6.43 Å². The first-order valence-corrected chi connectivity index (χ1v) is 12.8. The van der Waals surface area contributed by atoms with Gasteiger partial charge in [-0.25, -0.2) is 8.78 Å². The number of hydrogen-bond donors (Lipinski definition) is 1. The number of fused-ring (bicyclic) bond motifs is 4. The molecule has 6 heteroatoms. The minimum absolute atomic E-state index is 0. The summed E-state index contributed by atoms with van der Waals surface area (Å²) in [6.45, 7) is 2.85. The van der Waals surface area contributed by atoms with Gasteiger partial charge in [-0.15, -0.1) is 23.6 Å². The molecule has 0 saturated carbocycles. The number of aliphatic hydroxyl groups excluding tert-OH is 1. The summed E-state index contributed by atoms with van der Waals surface area (Å²) in [5, 5.41) is 13.7. The Morgan fingerprint density at radius 1 is 0.805 bits per heavy atom. The van der Waals surface area contributed by atoms with Crippen LogP contribution in [-0.2, 0) is 24.9 Å². The predicted molar refractivity (Wildman–Crippen MR) is 158 cm³/mol. The number of halogens is 2. The fourth-order valence-electron chi connectivity index (χ4n) is 4.88. The second-order valence-corrected chi connectivity index (χ2v) is 9.50. The van der Waals surface area contributed by atoms with Crippen LogP contribution in [-0.4, -0.2) is 15.9 Å². The van der Waals surface area contributed by atoms with Crippen molar-refractivity contribution in [2.75, 3.05) is 0 Å². The number of aromatic nitrogens is 1. The summed E-state index contributed by atoms with van der Waals surface area (Å²) in [6, 6.07) is 34.8. The van der Waals surface area contributed by atoms with Crippen molar-refractivity contribution in [1.82, 2.24) is 4.98 Å². The third-order valence-corrected chi connectivity index (χ3v) is 6.58. The van der Waals surface area contributed by atoms with Crippen LogP contribution in [0.3, 0.4) is 0 Å². The monoisotopic (exact) mass is 723 g/mol. The Hall–Kier alpha value is -4.25. The van der Waals surface area contributed by atoms with Gasteiger partial charge in [0.2, 0.25) is 0 Å². The van der Waals surface area contributed by atoms with Crippen LogP contribution in [0.25, 0.3) is 54.7 Å².